The number of tetrazole rings is 1. The lowest BCUT2D eigenvalue weighted by Gasteiger charge is -2.33. The molecule has 2 aromatic carbocycles. The molecule has 1 fully saturated rings. The van der Waals surface area contributed by atoms with Crippen LogP contribution >= 0.6 is 11.6 Å². The topological polar surface area (TPSA) is 79.2 Å². The number of hydrogen-bond acceptors (Lipinski definition) is 6. The Balaban J connectivity index is 1.28. The second-order valence-corrected chi connectivity index (χ2v) is 7.33. The summed E-state index contributed by atoms with van der Waals surface area (Å²) in [5.41, 5.74) is 1.59. The molecule has 0 atom stereocenters. The fraction of sp³-hybridized carbons (Fsp3) is 0.300. The molecule has 150 valence electrons. The molecule has 1 N–H and O–H groups in total. The first kappa shape index (κ1) is 19.5. The third kappa shape index (κ3) is 4.97. The Hall–Kier alpha value is -2.81. The molecule has 1 aliphatic heterocycles. The number of nitrogens with zero attached hydrogens (tertiary/aromatic N) is 6. The van der Waals surface area contributed by atoms with Crippen LogP contribution in [0.15, 0.2) is 54.6 Å². The summed E-state index contributed by atoms with van der Waals surface area (Å²) in [4.78, 5) is 16.8. The van der Waals surface area contributed by atoms with Crippen molar-refractivity contribution in [2.75, 3.05) is 38.0 Å². The van der Waals surface area contributed by atoms with E-state index in [-0.39, 0.29) is 5.91 Å². The van der Waals surface area contributed by atoms with Gasteiger partial charge in [0.25, 0.3) is 0 Å². The van der Waals surface area contributed by atoms with Gasteiger partial charge >= 0.3 is 0 Å². The molecule has 0 spiro atoms. The lowest BCUT2D eigenvalue weighted by atomic mass is 10.3. The van der Waals surface area contributed by atoms with Gasteiger partial charge in [-0.25, -0.2) is 0 Å². The Morgan fingerprint density at radius 2 is 1.66 bits per heavy atom. The van der Waals surface area contributed by atoms with Gasteiger partial charge in [0, 0.05) is 26.2 Å². The molecule has 1 aliphatic rings. The zero-order valence-corrected chi connectivity index (χ0v) is 16.7. The summed E-state index contributed by atoms with van der Waals surface area (Å²) in [5.74, 6) is 0.751. The molecule has 2 heterocycles. The Bertz CT molecular complexity index is 954. The Kier molecular flexibility index (Phi) is 6.14. The van der Waals surface area contributed by atoms with Crippen molar-refractivity contribution in [3.63, 3.8) is 0 Å². The average molecular weight is 412 g/mol. The summed E-state index contributed by atoms with van der Waals surface area (Å²) >= 11 is 6.10. The molecule has 29 heavy (non-hydrogen) atoms. The van der Waals surface area contributed by atoms with Crippen molar-refractivity contribution in [3.8, 4) is 5.69 Å². The van der Waals surface area contributed by atoms with E-state index in [4.69, 9.17) is 11.6 Å². The van der Waals surface area contributed by atoms with Crippen LogP contribution in [0, 0.1) is 0 Å². The molecular weight excluding hydrogens is 390 g/mol. The highest BCUT2D eigenvalue weighted by Gasteiger charge is 2.21. The van der Waals surface area contributed by atoms with E-state index in [0.717, 1.165) is 37.7 Å². The summed E-state index contributed by atoms with van der Waals surface area (Å²) in [6, 6.07) is 17.1. The van der Waals surface area contributed by atoms with Crippen molar-refractivity contribution >= 4 is 23.2 Å². The van der Waals surface area contributed by atoms with Crippen LogP contribution in [0.5, 0.6) is 0 Å². The first-order valence-corrected chi connectivity index (χ1v) is 9.88. The normalized spacial score (nSPS) is 15.3. The van der Waals surface area contributed by atoms with Gasteiger partial charge in [-0.1, -0.05) is 41.9 Å². The Morgan fingerprint density at radius 3 is 2.41 bits per heavy atom. The number of carbonyl (C=O) groups is 1. The lowest BCUT2D eigenvalue weighted by Crippen LogP contribution is -2.48. The summed E-state index contributed by atoms with van der Waals surface area (Å²) in [6.45, 7) is 4.33. The zero-order valence-electron chi connectivity index (χ0n) is 15.9. The molecule has 1 aromatic heterocycles. The molecule has 4 rings (SSSR count). The van der Waals surface area contributed by atoms with E-state index in [1.165, 1.54) is 0 Å². The third-order valence-electron chi connectivity index (χ3n) is 4.88. The van der Waals surface area contributed by atoms with Crippen molar-refractivity contribution in [2.24, 2.45) is 0 Å². The molecule has 0 radical (unpaired) electrons. The van der Waals surface area contributed by atoms with E-state index >= 15 is 0 Å². The van der Waals surface area contributed by atoms with Gasteiger partial charge in [-0.15, -0.1) is 5.10 Å². The van der Waals surface area contributed by atoms with Crippen LogP contribution in [0.4, 0.5) is 5.69 Å². The third-order valence-corrected chi connectivity index (χ3v) is 5.21. The van der Waals surface area contributed by atoms with Gasteiger partial charge in [-0.2, -0.15) is 4.68 Å². The number of carbonyl (C=O) groups excluding carboxylic acids is 1. The number of aromatic nitrogens is 4. The van der Waals surface area contributed by atoms with Crippen LogP contribution in [0.25, 0.3) is 5.69 Å². The van der Waals surface area contributed by atoms with Crippen LogP contribution in [0.1, 0.15) is 5.82 Å². The predicted octanol–water partition coefficient (Wildman–Crippen LogP) is 2.07. The number of para-hydroxylation sites is 2. The highest BCUT2D eigenvalue weighted by Crippen LogP contribution is 2.20. The standard InChI is InChI=1S/C20H22ClN7O/c21-17-8-4-5-9-18(17)22-20(29)15-27-12-10-26(11-13-27)14-19-23-24-25-28(19)16-6-2-1-3-7-16/h1-9H,10-15H2,(H,22,29). The molecule has 0 bridgehead atoms. The summed E-state index contributed by atoms with van der Waals surface area (Å²) < 4.78 is 1.77. The number of rotatable bonds is 6. The molecule has 0 saturated carbocycles. The first-order chi connectivity index (χ1) is 14.2. The van der Waals surface area contributed by atoms with E-state index in [1.54, 1.807) is 16.8 Å². The maximum atomic E-state index is 12.3. The number of nitrogens with one attached hydrogen (secondary N) is 1. The highest BCUT2D eigenvalue weighted by molar-refractivity contribution is 6.33. The van der Waals surface area contributed by atoms with Crippen molar-refractivity contribution < 1.29 is 4.79 Å². The van der Waals surface area contributed by atoms with Gasteiger partial charge < -0.3 is 5.32 Å². The lowest BCUT2D eigenvalue weighted by molar-refractivity contribution is -0.117. The predicted molar refractivity (Wildman–Crippen MR) is 111 cm³/mol. The van der Waals surface area contributed by atoms with Gasteiger partial charge in [0.1, 0.15) is 0 Å². The minimum Gasteiger partial charge on any atom is -0.324 e. The molecule has 3 aromatic rings. The monoisotopic (exact) mass is 411 g/mol. The zero-order chi connectivity index (χ0) is 20.1. The SMILES string of the molecule is O=C(CN1CCN(Cc2nnnn2-c2ccccc2)CC1)Nc1ccccc1Cl. The van der Waals surface area contributed by atoms with Crippen LogP contribution in [-0.2, 0) is 11.3 Å². The maximum absolute atomic E-state index is 12.3. The average Bonchev–Trinajstić information content (AvgIpc) is 3.20. The summed E-state index contributed by atoms with van der Waals surface area (Å²) in [7, 11) is 0. The van der Waals surface area contributed by atoms with E-state index in [0.29, 0.717) is 23.8 Å². The van der Waals surface area contributed by atoms with Crippen LogP contribution in [-0.4, -0.2) is 68.6 Å². The van der Waals surface area contributed by atoms with E-state index in [1.807, 2.05) is 42.5 Å². The van der Waals surface area contributed by atoms with E-state index < -0.39 is 0 Å². The molecular formula is C20H22ClN7O. The molecule has 9 heteroatoms. The van der Waals surface area contributed by atoms with Gasteiger partial charge in [0.2, 0.25) is 5.91 Å². The summed E-state index contributed by atoms with van der Waals surface area (Å²) in [5, 5.41) is 15.5. The van der Waals surface area contributed by atoms with Crippen molar-refractivity contribution in [1.29, 1.82) is 0 Å². The van der Waals surface area contributed by atoms with Gasteiger partial charge in [0.05, 0.1) is 29.5 Å². The van der Waals surface area contributed by atoms with Crippen molar-refractivity contribution in [2.45, 2.75) is 6.54 Å². The van der Waals surface area contributed by atoms with Crippen molar-refractivity contribution in [3.05, 3.63) is 65.4 Å². The second-order valence-electron chi connectivity index (χ2n) is 6.92. The molecule has 8 nitrogen and oxygen atoms in total. The van der Waals surface area contributed by atoms with Gasteiger partial charge in [0.15, 0.2) is 5.82 Å². The molecule has 1 saturated heterocycles. The number of benzene rings is 2. The van der Waals surface area contributed by atoms with Gasteiger partial charge in [-0.3, -0.25) is 14.6 Å². The highest BCUT2D eigenvalue weighted by atomic mass is 35.5. The summed E-state index contributed by atoms with van der Waals surface area (Å²) in [6.07, 6.45) is 0. The Labute approximate surface area is 174 Å². The molecule has 0 aliphatic carbocycles. The maximum Gasteiger partial charge on any atom is 0.238 e. The minimum absolute atomic E-state index is 0.0560. The number of hydrogen-bond donors (Lipinski definition) is 1. The van der Waals surface area contributed by atoms with Crippen molar-refractivity contribution in [1.82, 2.24) is 30.0 Å². The first-order valence-electron chi connectivity index (χ1n) is 9.51. The molecule has 0 unspecified atom stereocenters. The number of anilines is 1. The second kappa shape index (κ2) is 9.13. The quantitative estimate of drug-likeness (QED) is 0.669. The van der Waals surface area contributed by atoms with Crippen LogP contribution < -0.4 is 5.32 Å². The number of piperazine rings is 1. The molecule has 1 amide bonds. The Morgan fingerprint density at radius 1 is 0.966 bits per heavy atom. The number of halogens is 1. The van der Waals surface area contributed by atoms with Crippen LogP contribution in [0.2, 0.25) is 5.02 Å². The van der Waals surface area contributed by atoms with Crippen LogP contribution in [0.3, 0.4) is 0 Å². The number of amides is 1. The largest absolute Gasteiger partial charge is 0.324 e. The minimum atomic E-state index is -0.0560. The fourth-order valence-corrected chi connectivity index (χ4v) is 3.52. The van der Waals surface area contributed by atoms with E-state index in [2.05, 4.69) is 30.6 Å². The fourth-order valence-electron chi connectivity index (χ4n) is 3.33. The smallest absolute Gasteiger partial charge is 0.238 e. The van der Waals surface area contributed by atoms with Gasteiger partial charge in [-0.05, 0) is 34.7 Å². The van der Waals surface area contributed by atoms with E-state index in [9.17, 15) is 4.79 Å².